The highest BCUT2D eigenvalue weighted by Gasteiger charge is 2.21. The average Bonchev–Trinajstić information content (AvgIpc) is 2.23. The fraction of sp³-hybridized carbons (Fsp3) is 0. The third-order valence-electron chi connectivity index (χ3n) is 2.11. The molecule has 0 unspecified atom stereocenters. The van der Waals surface area contributed by atoms with Crippen molar-refractivity contribution in [3.63, 3.8) is 0 Å². The van der Waals surface area contributed by atoms with Gasteiger partial charge in [-0.3, -0.25) is 9.79 Å². The lowest BCUT2D eigenvalue weighted by Gasteiger charge is -2.12. The van der Waals surface area contributed by atoms with E-state index in [4.69, 9.17) is 33.0 Å². The van der Waals surface area contributed by atoms with Crippen LogP contribution in [0.25, 0.3) is 10.8 Å². The van der Waals surface area contributed by atoms with Crippen molar-refractivity contribution in [2.45, 2.75) is 0 Å². The second kappa shape index (κ2) is 4.48. The SMILES string of the molecule is O=P(O)(O)Oc1c(Cl)c(Cl)cc2ccccc12. The van der Waals surface area contributed by atoms with E-state index in [1.165, 1.54) is 0 Å². The number of fused-ring (bicyclic) bond motifs is 1. The molecule has 17 heavy (non-hydrogen) atoms. The Morgan fingerprint density at radius 2 is 1.82 bits per heavy atom. The van der Waals surface area contributed by atoms with Crippen LogP contribution < -0.4 is 4.52 Å². The molecule has 0 amide bonds. The Hall–Kier alpha value is -0.770. The molecule has 0 radical (unpaired) electrons. The maximum absolute atomic E-state index is 10.9. The van der Waals surface area contributed by atoms with Crippen LogP contribution in [0, 0.1) is 0 Å². The van der Waals surface area contributed by atoms with Gasteiger partial charge in [-0.05, 0) is 11.5 Å². The summed E-state index contributed by atoms with van der Waals surface area (Å²) in [6.07, 6.45) is 0. The number of benzene rings is 2. The molecular weight excluding hydrogens is 286 g/mol. The lowest BCUT2D eigenvalue weighted by atomic mass is 10.1. The normalized spacial score (nSPS) is 11.8. The Kier molecular flexibility index (Phi) is 3.34. The van der Waals surface area contributed by atoms with Crippen LogP contribution in [-0.4, -0.2) is 9.79 Å². The van der Waals surface area contributed by atoms with Crippen LogP contribution in [0.2, 0.25) is 10.0 Å². The summed E-state index contributed by atoms with van der Waals surface area (Å²) in [5.41, 5.74) is 0. The number of halogens is 2. The van der Waals surface area contributed by atoms with E-state index in [0.29, 0.717) is 10.8 Å². The van der Waals surface area contributed by atoms with Gasteiger partial charge in [0, 0.05) is 5.39 Å². The smallest absolute Gasteiger partial charge is 0.402 e. The van der Waals surface area contributed by atoms with Crippen LogP contribution in [0.15, 0.2) is 30.3 Å². The molecule has 0 fully saturated rings. The van der Waals surface area contributed by atoms with E-state index in [9.17, 15) is 4.57 Å². The molecule has 0 spiro atoms. The molecule has 0 saturated heterocycles. The maximum Gasteiger partial charge on any atom is 0.524 e. The fourth-order valence-electron chi connectivity index (χ4n) is 1.46. The number of phosphoric ester groups is 1. The van der Waals surface area contributed by atoms with Crippen LogP contribution in [0.5, 0.6) is 5.75 Å². The monoisotopic (exact) mass is 292 g/mol. The molecule has 7 heteroatoms. The van der Waals surface area contributed by atoms with Crippen molar-refractivity contribution in [1.82, 2.24) is 0 Å². The first-order valence-electron chi connectivity index (χ1n) is 4.50. The molecule has 4 nitrogen and oxygen atoms in total. The molecule has 0 saturated carbocycles. The number of phosphoric acid groups is 1. The zero-order valence-electron chi connectivity index (χ0n) is 8.30. The van der Waals surface area contributed by atoms with Gasteiger partial charge in [-0.25, -0.2) is 4.57 Å². The number of hydrogen-bond acceptors (Lipinski definition) is 2. The standard InChI is InChI=1S/C10H7Cl2O4P/c11-8-5-6-3-1-2-4-7(6)10(9(8)12)16-17(13,14)15/h1-5H,(H2,13,14,15). The first-order valence-corrected chi connectivity index (χ1v) is 6.79. The molecule has 0 bridgehead atoms. The Labute approximate surface area is 107 Å². The molecule has 0 aliphatic rings. The minimum atomic E-state index is -4.68. The van der Waals surface area contributed by atoms with Gasteiger partial charge in [-0.1, -0.05) is 47.5 Å². The first kappa shape index (κ1) is 12.7. The largest absolute Gasteiger partial charge is 0.524 e. The molecule has 0 heterocycles. The molecular formula is C10H7Cl2O4P. The third kappa shape index (κ3) is 2.73. The Bertz CT molecular complexity index is 623. The topological polar surface area (TPSA) is 66.8 Å². The van der Waals surface area contributed by atoms with Gasteiger partial charge in [-0.2, -0.15) is 0 Å². The molecule has 0 aliphatic carbocycles. The number of hydrogen-bond donors (Lipinski definition) is 2. The van der Waals surface area contributed by atoms with Crippen LogP contribution in [0.4, 0.5) is 0 Å². The zero-order chi connectivity index (χ0) is 12.6. The third-order valence-corrected chi connectivity index (χ3v) is 3.30. The van der Waals surface area contributed by atoms with Crippen molar-refractivity contribution in [2.75, 3.05) is 0 Å². The molecule has 0 atom stereocenters. The second-order valence-corrected chi connectivity index (χ2v) is 5.25. The van der Waals surface area contributed by atoms with Gasteiger partial charge in [-0.15, -0.1) is 0 Å². The van der Waals surface area contributed by atoms with E-state index in [1.807, 2.05) is 0 Å². The van der Waals surface area contributed by atoms with Gasteiger partial charge in [0.1, 0.15) is 5.02 Å². The Morgan fingerprint density at radius 3 is 2.47 bits per heavy atom. The average molecular weight is 293 g/mol. The summed E-state index contributed by atoms with van der Waals surface area (Å²) in [5.74, 6) is -0.108. The summed E-state index contributed by atoms with van der Waals surface area (Å²) < 4.78 is 15.5. The van der Waals surface area contributed by atoms with Gasteiger partial charge in [0.05, 0.1) is 5.02 Å². The number of rotatable bonds is 2. The maximum atomic E-state index is 10.9. The summed E-state index contributed by atoms with van der Waals surface area (Å²) in [6, 6.07) is 8.46. The van der Waals surface area contributed by atoms with Gasteiger partial charge in [0.25, 0.3) is 0 Å². The fourth-order valence-corrected chi connectivity index (χ4v) is 2.34. The van der Waals surface area contributed by atoms with Gasteiger partial charge >= 0.3 is 7.82 Å². The van der Waals surface area contributed by atoms with E-state index >= 15 is 0 Å². The van der Waals surface area contributed by atoms with Crippen LogP contribution in [0.3, 0.4) is 0 Å². The summed E-state index contributed by atoms with van der Waals surface area (Å²) in [4.78, 5) is 17.7. The highest BCUT2D eigenvalue weighted by Crippen LogP contribution is 2.46. The lowest BCUT2D eigenvalue weighted by molar-refractivity contribution is 0.284. The van der Waals surface area contributed by atoms with Gasteiger partial charge < -0.3 is 4.52 Å². The summed E-state index contributed by atoms with van der Waals surface area (Å²) in [7, 11) is -4.68. The van der Waals surface area contributed by atoms with Crippen molar-refractivity contribution in [3.8, 4) is 5.75 Å². The van der Waals surface area contributed by atoms with Crippen LogP contribution in [0.1, 0.15) is 0 Å². The van der Waals surface area contributed by atoms with Crippen molar-refractivity contribution < 1.29 is 18.9 Å². The van der Waals surface area contributed by atoms with E-state index in [1.54, 1.807) is 30.3 Å². The molecule has 2 aromatic rings. The second-order valence-electron chi connectivity index (χ2n) is 3.30. The lowest BCUT2D eigenvalue weighted by Crippen LogP contribution is -1.92. The van der Waals surface area contributed by atoms with Crippen molar-refractivity contribution in [2.24, 2.45) is 0 Å². The highest BCUT2D eigenvalue weighted by atomic mass is 35.5. The van der Waals surface area contributed by atoms with Crippen LogP contribution >= 0.6 is 31.0 Å². The first-order chi connectivity index (χ1) is 7.88. The molecule has 0 aromatic heterocycles. The van der Waals surface area contributed by atoms with Gasteiger partial charge in [0.15, 0.2) is 5.75 Å². The predicted octanol–water partition coefficient (Wildman–Crippen LogP) is 3.62. The van der Waals surface area contributed by atoms with E-state index in [2.05, 4.69) is 4.52 Å². The Balaban J connectivity index is 2.74. The zero-order valence-corrected chi connectivity index (χ0v) is 10.7. The Morgan fingerprint density at radius 1 is 1.18 bits per heavy atom. The molecule has 2 aromatic carbocycles. The van der Waals surface area contributed by atoms with E-state index < -0.39 is 7.82 Å². The van der Waals surface area contributed by atoms with E-state index in [-0.39, 0.29) is 15.8 Å². The summed E-state index contributed by atoms with van der Waals surface area (Å²) in [6.45, 7) is 0. The van der Waals surface area contributed by atoms with Crippen molar-refractivity contribution >= 4 is 41.8 Å². The predicted molar refractivity (Wildman–Crippen MR) is 66.6 cm³/mol. The van der Waals surface area contributed by atoms with Crippen molar-refractivity contribution in [1.29, 1.82) is 0 Å². The van der Waals surface area contributed by atoms with Crippen molar-refractivity contribution in [3.05, 3.63) is 40.4 Å². The highest BCUT2D eigenvalue weighted by molar-refractivity contribution is 7.46. The minimum Gasteiger partial charge on any atom is -0.402 e. The molecule has 2 rings (SSSR count). The summed E-state index contributed by atoms with van der Waals surface area (Å²) >= 11 is 11.7. The molecule has 0 aliphatic heterocycles. The quantitative estimate of drug-likeness (QED) is 0.830. The minimum absolute atomic E-state index is 0.0197. The van der Waals surface area contributed by atoms with Crippen LogP contribution in [-0.2, 0) is 4.57 Å². The van der Waals surface area contributed by atoms with Gasteiger partial charge in [0.2, 0.25) is 0 Å². The summed E-state index contributed by atoms with van der Waals surface area (Å²) in [5, 5.41) is 1.33. The molecule has 90 valence electrons. The molecule has 2 N–H and O–H groups in total. The van der Waals surface area contributed by atoms with E-state index in [0.717, 1.165) is 0 Å².